The fourth-order valence-electron chi connectivity index (χ4n) is 5.66. The van der Waals surface area contributed by atoms with Crippen molar-refractivity contribution < 1.29 is 57.5 Å². The van der Waals surface area contributed by atoms with Crippen molar-refractivity contribution in [3.05, 3.63) is 48.6 Å². The van der Waals surface area contributed by atoms with Crippen LogP contribution in [0.2, 0.25) is 0 Å². The Morgan fingerprint density at radius 3 is 1.38 bits per heavy atom. The lowest BCUT2D eigenvalue weighted by atomic mass is 10.0. The molecule has 9 amide bonds. The van der Waals surface area contributed by atoms with Gasteiger partial charge in [-0.25, -0.2) is 0 Å². The number of imide groups is 4. The maximum Gasteiger partial charge on any atom is 0.253 e. The summed E-state index contributed by atoms with van der Waals surface area (Å²) in [6.45, 7) is 0.297. The second kappa shape index (κ2) is 16.6. The molecule has 0 spiro atoms. The van der Waals surface area contributed by atoms with Gasteiger partial charge in [0.1, 0.15) is 12.4 Å². The largest absolute Gasteiger partial charge is 0.369 e. The predicted octanol–water partition coefficient (Wildman–Crippen LogP) is -1.58. The smallest absolute Gasteiger partial charge is 0.253 e. The maximum atomic E-state index is 12.9. The number of hydrogen-bond acceptors (Lipinski definition) is 12. The highest BCUT2D eigenvalue weighted by Gasteiger charge is 2.37. The number of nitrogens with one attached hydrogen (secondary N) is 1. The summed E-state index contributed by atoms with van der Waals surface area (Å²) in [5.41, 5.74) is 0. The van der Waals surface area contributed by atoms with Crippen LogP contribution in [0.5, 0.6) is 0 Å². The molecule has 50 heavy (non-hydrogen) atoms. The summed E-state index contributed by atoms with van der Waals surface area (Å²) < 4.78 is 5.59. The predicted molar refractivity (Wildman–Crippen MR) is 167 cm³/mol. The van der Waals surface area contributed by atoms with Crippen LogP contribution in [-0.4, -0.2) is 129 Å². The van der Waals surface area contributed by atoms with Crippen molar-refractivity contribution in [1.29, 1.82) is 0 Å². The minimum absolute atomic E-state index is 0.0336. The van der Waals surface area contributed by atoms with Gasteiger partial charge in [0.15, 0.2) is 5.78 Å². The first-order valence-corrected chi connectivity index (χ1v) is 15.8. The number of amides is 9. The van der Waals surface area contributed by atoms with Crippen LogP contribution in [0.25, 0.3) is 0 Å². The second-order valence-corrected chi connectivity index (χ2v) is 11.9. The lowest BCUT2D eigenvalue weighted by Crippen LogP contribution is -2.49. The van der Waals surface area contributed by atoms with E-state index in [1.165, 1.54) is 6.92 Å². The second-order valence-electron chi connectivity index (χ2n) is 11.9. The molecule has 4 aliphatic heterocycles. The van der Waals surface area contributed by atoms with E-state index >= 15 is 0 Å². The van der Waals surface area contributed by atoms with Gasteiger partial charge in [0, 0.05) is 74.4 Å². The van der Waals surface area contributed by atoms with Crippen molar-refractivity contribution in [1.82, 2.24) is 24.9 Å². The molecular weight excluding hydrogens is 658 g/mol. The highest BCUT2D eigenvalue weighted by molar-refractivity contribution is 6.15. The number of ketones is 2. The molecule has 1 N–H and O–H groups in total. The van der Waals surface area contributed by atoms with E-state index in [2.05, 4.69) is 5.32 Å². The molecule has 0 aliphatic carbocycles. The van der Waals surface area contributed by atoms with E-state index in [-0.39, 0.29) is 76.3 Å². The zero-order valence-electron chi connectivity index (χ0n) is 27.1. The maximum absolute atomic E-state index is 12.9. The minimum atomic E-state index is -0.977. The summed E-state index contributed by atoms with van der Waals surface area (Å²) in [4.78, 5) is 139. The van der Waals surface area contributed by atoms with E-state index in [0.29, 0.717) is 0 Å². The molecule has 3 atom stereocenters. The number of nitrogens with zero attached hydrogens (tertiary/aromatic N) is 4. The fraction of sp³-hybridized carbons (Fsp3) is 0.424. The van der Waals surface area contributed by atoms with Crippen molar-refractivity contribution in [3.63, 3.8) is 0 Å². The Morgan fingerprint density at radius 1 is 0.580 bits per heavy atom. The average Bonchev–Trinajstić information content (AvgIpc) is 3.79. The van der Waals surface area contributed by atoms with Crippen molar-refractivity contribution in [2.24, 2.45) is 0 Å². The van der Waals surface area contributed by atoms with Gasteiger partial charge in [0.05, 0.1) is 31.3 Å². The zero-order valence-corrected chi connectivity index (χ0v) is 27.1. The zero-order chi connectivity index (χ0) is 36.5. The summed E-state index contributed by atoms with van der Waals surface area (Å²) in [6, 6.07) is -1.93. The molecule has 17 heteroatoms. The molecule has 17 nitrogen and oxygen atoms in total. The number of Topliss-reactive ketones (excluding diaryl/α,β-unsaturated/α-hetero) is 2. The quantitative estimate of drug-likeness (QED) is 0.143. The summed E-state index contributed by atoms with van der Waals surface area (Å²) in [5, 5.41) is 2.64. The number of ether oxygens (including phenoxy) is 1. The molecule has 0 aromatic carbocycles. The topological polar surface area (TPSA) is 222 Å². The first kappa shape index (κ1) is 37.1. The highest BCUT2D eigenvalue weighted by atomic mass is 16.5. The monoisotopic (exact) mass is 693 g/mol. The van der Waals surface area contributed by atoms with Gasteiger partial charge in [0.2, 0.25) is 5.91 Å². The normalized spacial score (nSPS) is 18.8. The Kier molecular flexibility index (Phi) is 12.3. The van der Waals surface area contributed by atoms with Gasteiger partial charge >= 0.3 is 0 Å². The molecule has 264 valence electrons. The molecule has 0 radical (unpaired) electrons. The van der Waals surface area contributed by atoms with Crippen LogP contribution in [-0.2, 0) is 57.5 Å². The van der Waals surface area contributed by atoms with E-state index in [0.717, 1.165) is 68.2 Å². The van der Waals surface area contributed by atoms with E-state index in [1.54, 1.807) is 0 Å². The molecule has 0 bridgehead atoms. The standard InChI is InChI=1S/C33H35N5O12/c1-20(39)19-50-24(6-5-23(40)4-2-21(37-30(46)12-13-31(37)47)17-35-26(42)8-9-27(35)43)16-34-25(41)7-3-22(38-32(48)14-15-33(38)49)18-36-28(44)10-11-29(36)45/h8-15,21-22,24H,2-7,16-19H2,1H3,(H,34,41). The Hall–Kier alpha value is -5.71. The molecule has 4 rings (SSSR count). The number of rotatable bonds is 20. The number of hydrogen-bond donors (Lipinski definition) is 1. The lowest BCUT2D eigenvalue weighted by molar-refractivity contribution is -0.145. The minimum Gasteiger partial charge on any atom is -0.369 e. The van der Waals surface area contributed by atoms with E-state index in [4.69, 9.17) is 4.74 Å². The van der Waals surface area contributed by atoms with E-state index < -0.39 is 71.4 Å². The average molecular weight is 694 g/mol. The Labute approximate surface area is 285 Å². The number of carbonyl (C=O) groups is 11. The molecular formula is C33H35N5O12. The fourth-order valence-corrected chi connectivity index (χ4v) is 5.66. The Balaban J connectivity index is 1.30. The molecule has 0 aromatic rings. The molecule has 3 unspecified atom stereocenters. The van der Waals surface area contributed by atoms with Gasteiger partial charge in [-0.05, 0) is 26.2 Å². The van der Waals surface area contributed by atoms with Gasteiger partial charge < -0.3 is 10.1 Å². The molecule has 0 saturated heterocycles. The van der Waals surface area contributed by atoms with E-state index in [9.17, 15) is 52.7 Å². The van der Waals surface area contributed by atoms with Gasteiger partial charge in [-0.1, -0.05) is 0 Å². The van der Waals surface area contributed by atoms with E-state index in [1.807, 2.05) is 0 Å². The van der Waals surface area contributed by atoms with Crippen LogP contribution in [0.3, 0.4) is 0 Å². The molecule has 4 heterocycles. The van der Waals surface area contributed by atoms with Crippen LogP contribution in [0.4, 0.5) is 0 Å². The van der Waals surface area contributed by atoms with Gasteiger partial charge in [-0.3, -0.25) is 72.3 Å². The molecule has 4 aliphatic rings. The summed E-state index contributed by atoms with van der Waals surface area (Å²) in [7, 11) is 0. The summed E-state index contributed by atoms with van der Waals surface area (Å²) in [5.74, 6) is -6.14. The van der Waals surface area contributed by atoms with Crippen LogP contribution in [0.15, 0.2) is 48.6 Å². The molecule has 0 saturated carbocycles. The van der Waals surface area contributed by atoms with Crippen molar-refractivity contribution in [3.8, 4) is 0 Å². The van der Waals surface area contributed by atoms with Crippen LogP contribution in [0, 0.1) is 0 Å². The first-order valence-electron chi connectivity index (χ1n) is 15.8. The van der Waals surface area contributed by atoms with Crippen molar-refractivity contribution in [2.45, 2.75) is 63.6 Å². The Morgan fingerprint density at radius 2 is 0.960 bits per heavy atom. The molecule has 0 fully saturated rings. The number of carbonyl (C=O) groups excluding carboxylic acids is 11. The third kappa shape index (κ3) is 9.46. The highest BCUT2D eigenvalue weighted by Crippen LogP contribution is 2.20. The van der Waals surface area contributed by atoms with Gasteiger partial charge in [0.25, 0.3) is 47.3 Å². The first-order chi connectivity index (χ1) is 23.7. The lowest BCUT2D eigenvalue weighted by Gasteiger charge is -2.29. The van der Waals surface area contributed by atoms with Gasteiger partial charge in [-0.2, -0.15) is 0 Å². The van der Waals surface area contributed by atoms with Crippen molar-refractivity contribution in [2.75, 3.05) is 26.2 Å². The molecule has 0 aromatic heterocycles. The summed E-state index contributed by atoms with van der Waals surface area (Å²) >= 11 is 0. The Bertz CT molecular complexity index is 1460. The third-order valence-electron chi connectivity index (χ3n) is 8.26. The van der Waals surface area contributed by atoms with Crippen LogP contribution >= 0.6 is 0 Å². The summed E-state index contributed by atoms with van der Waals surface area (Å²) in [6.07, 6.45) is 7.24. The SMILES string of the molecule is CC(=O)COC(CCC(=O)CCC(CN1C(=O)C=CC1=O)N1C(=O)C=CC1=O)CNC(=O)CCC(CN1C(=O)C=CC1=O)N1C(=O)C=CC1=O. The van der Waals surface area contributed by atoms with Gasteiger partial charge in [-0.15, -0.1) is 0 Å². The third-order valence-corrected chi connectivity index (χ3v) is 8.26. The van der Waals surface area contributed by atoms with Crippen LogP contribution < -0.4 is 5.32 Å². The van der Waals surface area contributed by atoms with Crippen molar-refractivity contribution >= 4 is 64.7 Å². The van der Waals surface area contributed by atoms with Crippen LogP contribution in [0.1, 0.15) is 45.4 Å².